The molecule has 1 aromatic rings. The molecule has 1 unspecified atom stereocenters. The van der Waals surface area contributed by atoms with Gasteiger partial charge in [0.1, 0.15) is 0 Å². The summed E-state index contributed by atoms with van der Waals surface area (Å²) in [6, 6.07) is 0.641. The highest BCUT2D eigenvalue weighted by molar-refractivity contribution is 8.02. The maximum atomic E-state index is 4.01. The van der Waals surface area contributed by atoms with Crippen LogP contribution in [0.2, 0.25) is 0 Å². The summed E-state index contributed by atoms with van der Waals surface area (Å²) < 4.78 is 0.400. The second-order valence-corrected chi connectivity index (χ2v) is 6.04. The Hall–Kier alpha value is -0.480. The van der Waals surface area contributed by atoms with Crippen LogP contribution in [-0.2, 0) is 6.54 Å². The Kier molecular flexibility index (Phi) is 2.58. The fourth-order valence-electron chi connectivity index (χ4n) is 1.59. The van der Waals surface area contributed by atoms with Gasteiger partial charge >= 0.3 is 0 Å². The molecule has 1 atom stereocenters. The molecule has 0 bridgehead atoms. The van der Waals surface area contributed by atoms with Crippen molar-refractivity contribution in [2.75, 3.05) is 5.75 Å². The van der Waals surface area contributed by atoms with Gasteiger partial charge in [0.05, 0.1) is 6.20 Å². The number of hydrogen-bond donors (Lipinski definition) is 2. The number of nitrogens with one attached hydrogen (secondary N) is 2. The lowest BCUT2D eigenvalue weighted by molar-refractivity contribution is 0.435. The molecule has 0 saturated carbocycles. The quantitative estimate of drug-likeness (QED) is 0.799. The summed E-state index contributed by atoms with van der Waals surface area (Å²) in [4.78, 5) is 0. The number of H-pyrrole nitrogens is 1. The van der Waals surface area contributed by atoms with Gasteiger partial charge in [-0.05, 0) is 20.8 Å². The number of aromatic nitrogens is 2. The predicted molar refractivity (Wildman–Crippen MR) is 60.5 cm³/mol. The average molecular weight is 211 g/mol. The molecule has 1 saturated heterocycles. The van der Waals surface area contributed by atoms with E-state index in [2.05, 4.69) is 36.3 Å². The Bertz CT molecular complexity index is 319. The van der Waals surface area contributed by atoms with Gasteiger partial charge < -0.3 is 5.32 Å². The van der Waals surface area contributed by atoms with E-state index in [1.807, 2.05) is 18.0 Å². The van der Waals surface area contributed by atoms with Crippen LogP contribution >= 0.6 is 11.8 Å². The van der Waals surface area contributed by atoms with E-state index < -0.39 is 0 Å². The van der Waals surface area contributed by atoms with E-state index in [4.69, 9.17) is 0 Å². The molecule has 0 amide bonds. The first-order chi connectivity index (χ1) is 6.59. The normalized spacial score (nSPS) is 24.6. The van der Waals surface area contributed by atoms with Crippen molar-refractivity contribution < 1.29 is 0 Å². The Morgan fingerprint density at radius 2 is 2.50 bits per heavy atom. The SMILES string of the molecule is Cc1[nH]ncc1CNC1CSC1(C)C. The second kappa shape index (κ2) is 3.59. The molecule has 1 aromatic heterocycles. The maximum absolute atomic E-state index is 4.01. The lowest BCUT2D eigenvalue weighted by Crippen LogP contribution is -2.54. The van der Waals surface area contributed by atoms with Crippen molar-refractivity contribution in [1.82, 2.24) is 15.5 Å². The van der Waals surface area contributed by atoms with Crippen LogP contribution in [0.5, 0.6) is 0 Å². The van der Waals surface area contributed by atoms with Crippen LogP contribution in [0.1, 0.15) is 25.1 Å². The fraction of sp³-hybridized carbons (Fsp3) is 0.700. The number of hydrogen-bond acceptors (Lipinski definition) is 3. The number of aromatic amines is 1. The minimum Gasteiger partial charge on any atom is -0.308 e. The molecule has 1 aliphatic heterocycles. The Morgan fingerprint density at radius 3 is 2.93 bits per heavy atom. The van der Waals surface area contributed by atoms with Gasteiger partial charge in [0.2, 0.25) is 0 Å². The van der Waals surface area contributed by atoms with Gasteiger partial charge in [0.25, 0.3) is 0 Å². The number of rotatable bonds is 3. The van der Waals surface area contributed by atoms with Gasteiger partial charge in [-0.1, -0.05) is 0 Å². The van der Waals surface area contributed by atoms with Gasteiger partial charge in [0, 0.05) is 34.3 Å². The van der Waals surface area contributed by atoms with Crippen molar-refractivity contribution in [3.63, 3.8) is 0 Å². The van der Waals surface area contributed by atoms with Crippen LogP contribution in [0, 0.1) is 6.92 Å². The first-order valence-corrected chi connectivity index (χ1v) is 5.94. The first kappa shape index (κ1) is 10.1. The Balaban J connectivity index is 1.87. The van der Waals surface area contributed by atoms with Crippen LogP contribution < -0.4 is 5.32 Å². The van der Waals surface area contributed by atoms with Crippen LogP contribution in [-0.4, -0.2) is 26.7 Å². The summed E-state index contributed by atoms with van der Waals surface area (Å²) in [7, 11) is 0. The van der Waals surface area contributed by atoms with Gasteiger partial charge in [-0.2, -0.15) is 16.9 Å². The van der Waals surface area contributed by atoms with Crippen molar-refractivity contribution >= 4 is 11.8 Å². The topological polar surface area (TPSA) is 40.7 Å². The Morgan fingerprint density at radius 1 is 1.71 bits per heavy atom. The number of nitrogens with zero attached hydrogens (tertiary/aromatic N) is 1. The summed E-state index contributed by atoms with van der Waals surface area (Å²) in [6.45, 7) is 7.57. The molecule has 0 aliphatic carbocycles. The highest BCUT2D eigenvalue weighted by atomic mass is 32.2. The molecule has 0 spiro atoms. The van der Waals surface area contributed by atoms with Crippen molar-refractivity contribution in [3.05, 3.63) is 17.5 Å². The molecule has 78 valence electrons. The van der Waals surface area contributed by atoms with Crippen LogP contribution in [0.4, 0.5) is 0 Å². The van der Waals surface area contributed by atoms with Crippen LogP contribution in [0.3, 0.4) is 0 Å². The molecular formula is C10H17N3S. The third kappa shape index (κ3) is 1.81. The zero-order valence-corrected chi connectivity index (χ0v) is 9.74. The van der Waals surface area contributed by atoms with Gasteiger partial charge in [0.15, 0.2) is 0 Å². The predicted octanol–water partition coefficient (Wildman–Crippen LogP) is 1.70. The summed E-state index contributed by atoms with van der Waals surface area (Å²) in [5, 5.41) is 10.5. The third-order valence-corrected chi connectivity index (χ3v) is 4.46. The molecule has 1 aliphatic rings. The fourth-order valence-corrected chi connectivity index (χ4v) is 2.79. The molecule has 1 fully saturated rings. The summed E-state index contributed by atoms with van der Waals surface area (Å²) in [5.41, 5.74) is 2.44. The molecule has 0 aromatic carbocycles. The van der Waals surface area contributed by atoms with E-state index >= 15 is 0 Å². The monoisotopic (exact) mass is 211 g/mol. The van der Waals surface area contributed by atoms with Gasteiger partial charge in [-0.3, -0.25) is 5.10 Å². The largest absolute Gasteiger partial charge is 0.308 e. The molecule has 2 rings (SSSR count). The highest BCUT2D eigenvalue weighted by Gasteiger charge is 2.38. The zero-order chi connectivity index (χ0) is 10.2. The number of aryl methyl sites for hydroxylation is 1. The van der Waals surface area contributed by atoms with Crippen molar-refractivity contribution in [2.45, 2.75) is 38.1 Å². The van der Waals surface area contributed by atoms with E-state index in [0.717, 1.165) is 6.54 Å². The molecule has 0 radical (unpaired) electrons. The van der Waals surface area contributed by atoms with Crippen LogP contribution in [0.25, 0.3) is 0 Å². The minimum atomic E-state index is 0.400. The lowest BCUT2D eigenvalue weighted by atomic mass is 10.0. The number of thioether (sulfide) groups is 1. The van der Waals surface area contributed by atoms with E-state index in [1.165, 1.54) is 17.0 Å². The van der Waals surface area contributed by atoms with Crippen molar-refractivity contribution in [3.8, 4) is 0 Å². The van der Waals surface area contributed by atoms with Gasteiger partial charge in [-0.15, -0.1) is 0 Å². The van der Waals surface area contributed by atoms with Gasteiger partial charge in [-0.25, -0.2) is 0 Å². The van der Waals surface area contributed by atoms with Crippen molar-refractivity contribution in [1.29, 1.82) is 0 Å². The zero-order valence-electron chi connectivity index (χ0n) is 8.92. The summed E-state index contributed by atoms with van der Waals surface area (Å²) >= 11 is 2.03. The first-order valence-electron chi connectivity index (χ1n) is 4.96. The van der Waals surface area contributed by atoms with Crippen molar-refractivity contribution in [2.24, 2.45) is 0 Å². The molecule has 4 heteroatoms. The van der Waals surface area contributed by atoms with E-state index in [1.54, 1.807) is 0 Å². The Labute approximate surface area is 89.1 Å². The smallest absolute Gasteiger partial charge is 0.0535 e. The third-order valence-electron chi connectivity index (χ3n) is 2.93. The summed E-state index contributed by atoms with van der Waals surface area (Å²) in [5.74, 6) is 1.23. The molecular weight excluding hydrogens is 194 g/mol. The van der Waals surface area contributed by atoms with E-state index in [9.17, 15) is 0 Å². The highest BCUT2D eigenvalue weighted by Crippen LogP contribution is 2.39. The minimum absolute atomic E-state index is 0.400. The average Bonchev–Trinajstić information content (AvgIpc) is 2.50. The van der Waals surface area contributed by atoms with Crippen LogP contribution in [0.15, 0.2) is 6.20 Å². The van der Waals surface area contributed by atoms with E-state index in [0.29, 0.717) is 10.8 Å². The van der Waals surface area contributed by atoms with E-state index in [-0.39, 0.29) is 0 Å². The molecule has 3 nitrogen and oxygen atoms in total. The molecule has 2 N–H and O–H groups in total. The maximum Gasteiger partial charge on any atom is 0.0535 e. The molecule has 2 heterocycles. The standard InChI is InChI=1S/C10H17N3S/c1-7-8(5-12-13-7)4-11-9-6-14-10(9,2)3/h5,9,11H,4,6H2,1-3H3,(H,12,13). The molecule has 14 heavy (non-hydrogen) atoms. The summed E-state index contributed by atoms with van der Waals surface area (Å²) in [6.07, 6.45) is 1.90. The second-order valence-electron chi connectivity index (χ2n) is 4.37. The lowest BCUT2D eigenvalue weighted by Gasteiger charge is -2.44.